The summed E-state index contributed by atoms with van der Waals surface area (Å²) in [6.07, 6.45) is 4.54. The largest absolute Gasteiger partial charge is 0.366 e. The summed E-state index contributed by atoms with van der Waals surface area (Å²) in [6, 6.07) is 0. The van der Waals surface area contributed by atoms with Gasteiger partial charge in [-0.05, 0) is 24.7 Å². The Labute approximate surface area is 77.6 Å². The van der Waals surface area contributed by atoms with Crippen LogP contribution in [0.25, 0.3) is 0 Å². The summed E-state index contributed by atoms with van der Waals surface area (Å²) in [5.41, 5.74) is 0.687. The highest BCUT2D eigenvalue weighted by Gasteiger charge is 2.27. The van der Waals surface area contributed by atoms with Gasteiger partial charge in [-0.15, -0.1) is 0 Å². The van der Waals surface area contributed by atoms with Crippen molar-refractivity contribution < 1.29 is 4.74 Å². The van der Waals surface area contributed by atoms with E-state index in [9.17, 15) is 0 Å². The maximum Gasteiger partial charge on any atom is 0.102 e. The number of halogens is 1. The van der Waals surface area contributed by atoms with Crippen LogP contribution in [0.5, 0.6) is 0 Å². The fourth-order valence-electron chi connectivity index (χ4n) is 2.05. The van der Waals surface area contributed by atoms with Crippen molar-refractivity contribution in [3.8, 4) is 0 Å². The summed E-state index contributed by atoms with van der Waals surface area (Å²) in [7, 11) is 0. The Balaban J connectivity index is 2.41. The zero-order valence-corrected chi connectivity index (χ0v) is 8.93. The van der Waals surface area contributed by atoms with E-state index in [1.807, 2.05) is 0 Å². The van der Waals surface area contributed by atoms with Crippen molar-refractivity contribution in [1.82, 2.24) is 0 Å². The first-order chi connectivity index (χ1) is 5.25. The van der Waals surface area contributed by atoms with Crippen molar-refractivity contribution in [3.63, 3.8) is 0 Å². The molecule has 66 valence electrons. The van der Waals surface area contributed by atoms with Gasteiger partial charge >= 0.3 is 0 Å². The van der Waals surface area contributed by atoms with Crippen LogP contribution in [0.15, 0.2) is 0 Å². The standard InChI is InChI=1S/C9H17BrO/c1-7-4-3-5-8(2)9(7)11-6-10/h7-9H,3-6H2,1-2H3. The van der Waals surface area contributed by atoms with E-state index in [0.29, 0.717) is 11.6 Å². The van der Waals surface area contributed by atoms with Crippen LogP contribution >= 0.6 is 15.9 Å². The van der Waals surface area contributed by atoms with Gasteiger partial charge in [0.2, 0.25) is 0 Å². The van der Waals surface area contributed by atoms with Gasteiger partial charge in [-0.25, -0.2) is 0 Å². The monoisotopic (exact) mass is 220 g/mol. The molecule has 2 unspecified atom stereocenters. The molecule has 11 heavy (non-hydrogen) atoms. The van der Waals surface area contributed by atoms with Gasteiger partial charge in [0.15, 0.2) is 0 Å². The minimum Gasteiger partial charge on any atom is -0.366 e. The van der Waals surface area contributed by atoms with Gasteiger partial charge in [0.1, 0.15) is 5.52 Å². The van der Waals surface area contributed by atoms with E-state index in [-0.39, 0.29) is 0 Å². The molecule has 0 bridgehead atoms. The van der Waals surface area contributed by atoms with E-state index in [0.717, 1.165) is 11.8 Å². The van der Waals surface area contributed by atoms with E-state index in [1.165, 1.54) is 19.3 Å². The Bertz CT molecular complexity index is 106. The zero-order valence-electron chi connectivity index (χ0n) is 7.35. The first-order valence-corrected chi connectivity index (χ1v) is 5.55. The van der Waals surface area contributed by atoms with Crippen LogP contribution in [-0.2, 0) is 4.74 Å². The predicted octanol–water partition coefficient (Wildman–Crippen LogP) is 3.18. The molecule has 0 heterocycles. The number of alkyl halides is 1. The lowest BCUT2D eigenvalue weighted by atomic mass is 9.81. The van der Waals surface area contributed by atoms with E-state index in [4.69, 9.17) is 4.74 Å². The molecule has 1 saturated carbocycles. The minimum absolute atomic E-state index is 0.489. The lowest BCUT2D eigenvalue weighted by Gasteiger charge is -2.33. The normalized spacial score (nSPS) is 39.0. The molecule has 0 aromatic heterocycles. The van der Waals surface area contributed by atoms with Crippen LogP contribution in [0.4, 0.5) is 0 Å². The number of rotatable bonds is 2. The quantitative estimate of drug-likeness (QED) is 0.650. The highest BCUT2D eigenvalue weighted by atomic mass is 79.9. The van der Waals surface area contributed by atoms with Crippen molar-refractivity contribution in [2.24, 2.45) is 11.8 Å². The van der Waals surface area contributed by atoms with Gasteiger partial charge in [-0.1, -0.05) is 36.2 Å². The van der Waals surface area contributed by atoms with Crippen LogP contribution < -0.4 is 0 Å². The van der Waals surface area contributed by atoms with Crippen molar-refractivity contribution in [2.75, 3.05) is 5.52 Å². The summed E-state index contributed by atoms with van der Waals surface area (Å²) in [4.78, 5) is 0. The molecular formula is C9H17BrO. The molecule has 1 rings (SSSR count). The second kappa shape index (κ2) is 4.46. The molecule has 1 aliphatic carbocycles. The smallest absolute Gasteiger partial charge is 0.102 e. The molecule has 2 heteroatoms. The van der Waals surface area contributed by atoms with Gasteiger partial charge in [0, 0.05) is 0 Å². The van der Waals surface area contributed by atoms with Crippen molar-refractivity contribution in [1.29, 1.82) is 0 Å². The minimum atomic E-state index is 0.489. The van der Waals surface area contributed by atoms with E-state index < -0.39 is 0 Å². The zero-order chi connectivity index (χ0) is 8.27. The molecule has 0 saturated heterocycles. The first kappa shape index (κ1) is 9.53. The molecule has 0 radical (unpaired) electrons. The second-order valence-electron chi connectivity index (χ2n) is 3.63. The Morgan fingerprint density at radius 1 is 1.27 bits per heavy atom. The average molecular weight is 221 g/mol. The molecule has 0 aromatic rings. The molecule has 0 spiro atoms. The third kappa shape index (κ3) is 2.45. The molecule has 0 aromatic carbocycles. The molecule has 1 aliphatic rings. The highest BCUT2D eigenvalue weighted by Crippen LogP contribution is 2.31. The Morgan fingerprint density at radius 2 is 1.82 bits per heavy atom. The fraction of sp³-hybridized carbons (Fsp3) is 1.00. The van der Waals surface area contributed by atoms with Gasteiger partial charge in [0.05, 0.1) is 6.10 Å². The number of ether oxygens (including phenoxy) is 1. The Kier molecular flexibility index (Phi) is 3.86. The van der Waals surface area contributed by atoms with Crippen LogP contribution in [0, 0.1) is 11.8 Å². The molecule has 0 aliphatic heterocycles. The number of hydrogen-bond donors (Lipinski definition) is 0. The SMILES string of the molecule is CC1CCCC(C)C1OCBr. The van der Waals surface area contributed by atoms with E-state index in [2.05, 4.69) is 29.8 Å². The average Bonchev–Trinajstić information content (AvgIpc) is 1.97. The summed E-state index contributed by atoms with van der Waals surface area (Å²) in [5.74, 6) is 1.49. The second-order valence-corrected chi connectivity index (χ2v) is 4.08. The lowest BCUT2D eigenvalue weighted by molar-refractivity contribution is -0.0131. The van der Waals surface area contributed by atoms with E-state index in [1.54, 1.807) is 0 Å². The Morgan fingerprint density at radius 3 is 2.27 bits per heavy atom. The van der Waals surface area contributed by atoms with Crippen molar-refractivity contribution in [3.05, 3.63) is 0 Å². The molecule has 0 N–H and O–H groups in total. The topological polar surface area (TPSA) is 9.23 Å². The van der Waals surface area contributed by atoms with Crippen LogP contribution in [-0.4, -0.2) is 11.6 Å². The predicted molar refractivity (Wildman–Crippen MR) is 50.8 cm³/mol. The molecule has 0 amide bonds. The van der Waals surface area contributed by atoms with Gasteiger partial charge < -0.3 is 4.74 Å². The van der Waals surface area contributed by atoms with Gasteiger partial charge in [-0.3, -0.25) is 0 Å². The van der Waals surface area contributed by atoms with Crippen LogP contribution in [0.2, 0.25) is 0 Å². The molecular weight excluding hydrogens is 204 g/mol. The third-order valence-electron chi connectivity index (χ3n) is 2.70. The summed E-state index contributed by atoms with van der Waals surface area (Å²) < 4.78 is 5.62. The van der Waals surface area contributed by atoms with Crippen LogP contribution in [0.3, 0.4) is 0 Å². The number of hydrogen-bond acceptors (Lipinski definition) is 1. The van der Waals surface area contributed by atoms with Crippen molar-refractivity contribution in [2.45, 2.75) is 39.2 Å². The van der Waals surface area contributed by atoms with E-state index >= 15 is 0 Å². The lowest BCUT2D eigenvalue weighted by Crippen LogP contribution is -2.32. The highest BCUT2D eigenvalue weighted by molar-refractivity contribution is 9.09. The fourth-order valence-corrected chi connectivity index (χ4v) is 2.36. The van der Waals surface area contributed by atoms with Gasteiger partial charge in [-0.2, -0.15) is 0 Å². The first-order valence-electron chi connectivity index (χ1n) is 4.43. The van der Waals surface area contributed by atoms with Crippen LogP contribution in [0.1, 0.15) is 33.1 Å². The molecule has 1 nitrogen and oxygen atoms in total. The molecule has 1 fully saturated rings. The maximum atomic E-state index is 5.62. The summed E-state index contributed by atoms with van der Waals surface area (Å²) >= 11 is 3.32. The third-order valence-corrected chi connectivity index (χ3v) is 2.96. The summed E-state index contributed by atoms with van der Waals surface area (Å²) in [6.45, 7) is 4.59. The maximum absolute atomic E-state index is 5.62. The van der Waals surface area contributed by atoms with Gasteiger partial charge in [0.25, 0.3) is 0 Å². The molecule has 2 atom stereocenters. The van der Waals surface area contributed by atoms with Crippen molar-refractivity contribution >= 4 is 15.9 Å². The Hall–Kier alpha value is 0.440. The summed E-state index contributed by atoms with van der Waals surface area (Å²) in [5, 5.41) is 0.